The third-order valence-corrected chi connectivity index (χ3v) is 5.11. The molecule has 2 rings (SSSR count). The van der Waals surface area contributed by atoms with Gasteiger partial charge in [-0.15, -0.1) is 0 Å². The number of nitrogens with zero attached hydrogens (tertiary/aromatic N) is 1. The van der Waals surface area contributed by atoms with Crippen LogP contribution in [0.15, 0.2) is 18.2 Å². The van der Waals surface area contributed by atoms with E-state index in [1.165, 1.54) is 6.07 Å². The lowest BCUT2D eigenvalue weighted by Gasteiger charge is -2.39. The number of benzene rings is 1. The quantitative estimate of drug-likeness (QED) is 0.841. The predicted octanol–water partition coefficient (Wildman–Crippen LogP) is 3.53. The predicted molar refractivity (Wildman–Crippen MR) is 100 cm³/mol. The molecule has 2 N–H and O–H groups in total. The molecule has 1 aliphatic heterocycles. The van der Waals surface area contributed by atoms with Gasteiger partial charge < -0.3 is 15.5 Å². The van der Waals surface area contributed by atoms with E-state index in [0.717, 1.165) is 12.0 Å². The number of nitrogens with one attached hydrogen (secondary N) is 2. The summed E-state index contributed by atoms with van der Waals surface area (Å²) in [5.74, 6) is -0.466. The maximum atomic E-state index is 13.6. The van der Waals surface area contributed by atoms with Gasteiger partial charge in [0.05, 0.1) is 12.0 Å². The standard InChI is InChI=1S/C20H30FN3O2/c1-5-14(4)23-19(25)16-8-10-18(24(12-16)20(26)22-6-2)15-7-9-17(21)13(3)11-15/h7,9,11,14,16,18H,5-6,8,10,12H2,1-4H3,(H,22,26)(H,23,25). The Morgan fingerprint density at radius 2 is 2.04 bits per heavy atom. The van der Waals surface area contributed by atoms with Gasteiger partial charge in [-0.1, -0.05) is 19.1 Å². The van der Waals surface area contributed by atoms with Crippen molar-refractivity contribution in [3.8, 4) is 0 Å². The first-order valence-electron chi connectivity index (χ1n) is 9.48. The molecule has 0 aliphatic carbocycles. The summed E-state index contributed by atoms with van der Waals surface area (Å²) in [6.45, 7) is 8.49. The smallest absolute Gasteiger partial charge is 0.317 e. The van der Waals surface area contributed by atoms with Crippen LogP contribution in [-0.2, 0) is 4.79 Å². The van der Waals surface area contributed by atoms with Crippen molar-refractivity contribution >= 4 is 11.9 Å². The molecule has 0 radical (unpaired) electrons. The molecule has 0 bridgehead atoms. The van der Waals surface area contributed by atoms with E-state index in [1.807, 2.05) is 20.8 Å². The molecule has 5 nitrogen and oxygen atoms in total. The zero-order valence-electron chi connectivity index (χ0n) is 16.1. The van der Waals surface area contributed by atoms with Gasteiger partial charge in [-0.25, -0.2) is 9.18 Å². The average Bonchev–Trinajstić information content (AvgIpc) is 2.63. The molecular weight excluding hydrogens is 333 g/mol. The summed E-state index contributed by atoms with van der Waals surface area (Å²) in [4.78, 5) is 26.8. The van der Waals surface area contributed by atoms with Crippen molar-refractivity contribution in [1.82, 2.24) is 15.5 Å². The molecule has 0 saturated carbocycles. The summed E-state index contributed by atoms with van der Waals surface area (Å²) in [7, 11) is 0. The SMILES string of the molecule is CCNC(=O)N1CC(C(=O)NC(C)CC)CCC1c1ccc(F)c(C)c1. The van der Waals surface area contributed by atoms with Gasteiger partial charge in [0.15, 0.2) is 0 Å². The first-order valence-corrected chi connectivity index (χ1v) is 9.48. The minimum absolute atomic E-state index is 0.00221. The van der Waals surface area contributed by atoms with Crippen LogP contribution in [0.4, 0.5) is 9.18 Å². The molecule has 1 saturated heterocycles. The first-order chi connectivity index (χ1) is 12.4. The lowest BCUT2D eigenvalue weighted by Crippen LogP contribution is -2.51. The molecule has 1 aromatic rings. The summed E-state index contributed by atoms with van der Waals surface area (Å²) in [5.41, 5.74) is 1.48. The monoisotopic (exact) mass is 363 g/mol. The van der Waals surface area contributed by atoms with Crippen molar-refractivity contribution < 1.29 is 14.0 Å². The highest BCUT2D eigenvalue weighted by Gasteiger charge is 2.35. The molecule has 0 spiro atoms. The van der Waals surface area contributed by atoms with Gasteiger partial charge in [0.2, 0.25) is 5.91 Å². The van der Waals surface area contributed by atoms with Gasteiger partial charge in [0.25, 0.3) is 0 Å². The van der Waals surface area contributed by atoms with Crippen LogP contribution in [-0.4, -0.2) is 36.0 Å². The van der Waals surface area contributed by atoms with Crippen LogP contribution in [0, 0.1) is 18.7 Å². The molecule has 0 aromatic heterocycles. The molecule has 1 aromatic carbocycles. The van der Waals surface area contributed by atoms with Crippen LogP contribution in [0.3, 0.4) is 0 Å². The van der Waals surface area contributed by atoms with Crippen LogP contribution < -0.4 is 10.6 Å². The van der Waals surface area contributed by atoms with Crippen molar-refractivity contribution in [3.63, 3.8) is 0 Å². The Morgan fingerprint density at radius 3 is 2.65 bits per heavy atom. The second-order valence-electron chi connectivity index (χ2n) is 7.10. The summed E-state index contributed by atoms with van der Waals surface area (Å²) >= 11 is 0. The van der Waals surface area contributed by atoms with Crippen LogP contribution in [0.2, 0.25) is 0 Å². The number of amides is 3. The van der Waals surface area contributed by atoms with E-state index in [9.17, 15) is 14.0 Å². The Labute approximate surface area is 155 Å². The van der Waals surface area contributed by atoms with E-state index in [4.69, 9.17) is 0 Å². The van der Waals surface area contributed by atoms with Crippen molar-refractivity contribution in [2.45, 2.75) is 59.0 Å². The Kier molecular flexibility index (Phi) is 7.00. The Hall–Kier alpha value is -2.11. The molecule has 6 heteroatoms. The lowest BCUT2D eigenvalue weighted by molar-refractivity contribution is -0.127. The number of carbonyl (C=O) groups excluding carboxylic acids is 2. The summed E-state index contributed by atoms with van der Waals surface area (Å²) in [6.07, 6.45) is 2.26. The van der Waals surface area contributed by atoms with Crippen molar-refractivity contribution in [1.29, 1.82) is 0 Å². The molecule has 1 heterocycles. The minimum Gasteiger partial charge on any atom is -0.353 e. The highest BCUT2D eigenvalue weighted by atomic mass is 19.1. The number of likely N-dealkylation sites (tertiary alicyclic amines) is 1. The number of rotatable bonds is 5. The van der Waals surface area contributed by atoms with Crippen LogP contribution in [0.25, 0.3) is 0 Å². The highest BCUT2D eigenvalue weighted by molar-refractivity contribution is 5.81. The summed E-state index contributed by atoms with van der Waals surface area (Å²) in [5, 5.41) is 5.85. The number of carbonyl (C=O) groups is 2. The molecule has 26 heavy (non-hydrogen) atoms. The van der Waals surface area contributed by atoms with E-state index in [1.54, 1.807) is 24.0 Å². The van der Waals surface area contributed by atoms with Crippen LogP contribution in [0.5, 0.6) is 0 Å². The molecule has 1 fully saturated rings. The fourth-order valence-electron chi connectivity index (χ4n) is 3.35. The minimum atomic E-state index is -0.250. The number of urea groups is 1. The van der Waals surface area contributed by atoms with Gasteiger partial charge in [-0.3, -0.25) is 4.79 Å². The van der Waals surface area contributed by atoms with Crippen molar-refractivity contribution in [2.24, 2.45) is 5.92 Å². The second-order valence-corrected chi connectivity index (χ2v) is 7.10. The average molecular weight is 363 g/mol. The van der Waals surface area contributed by atoms with Crippen LogP contribution >= 0.6 is 0 Å². The Bertz CT molecular complexity index is 650. The topological polar surface area (TPSA) is 61.4 Å². The molecule has 3 unspecified atom stereocenters. The van der Waals surface area contributed by atoms with Gasteiger partial charge in [-0.2, -0.15) is 0 Å². The van der Waals surface area contributed by atoms with Crippen LogP contribution in [0.1, 0.15) is 57.2 Å². The number of piperidine rings is 1. The fraction of sp³-hybridized carbons (Fsp3) is 0.600. The van der Waals surface area contributed by atoms with E-state index < -0.39 is 0 Å². The molecule has 3 atom stereocenters. The Balaban J connectivity index is 2.20. The molecule has 144 valence electrons. The maximum absolute atomic E-state index is 13.6. The maximum Gasteiger partial charge on any atom is 0.317 e. The number of aryl methyl sites for hydroxylation is 1. The lowest BCUT2D eigenvalue weighted by atomic mass is 9.88. The van der Waals surface area contributed by atoms with E-state index in [0.29, 0.717) is 31.5 Å². The first kappa shape index (κ1) is 20.2. The van der Waals surface area contributed by atoms with Gasteiger partial charge in [0.1, 0.15) is 5.82 Å². The van der Waals surface area contributed by atoms with E-state index >= 15 is 0 Å². The van der Waals surface area contributed by atoms with Gasteiger partial charge >= 0.3 is 6.03 Å². The second kappa shape index (κ2) is 9.01. The Morgan fingerprint density at radius 1 is 1.31 bits per heavy atom. The summed E-state index contributed by atoms with van der Waals surface area (Å²) < 4.78 is 13.6. The van der Waals surface area contributed by atoms with Gasteiger partial charge in [0, 0.05) is 19.1 Å². The normalized spacial score (nSPS) is 21.2. The third-order valence-electron chi connectivity index (χ3n) is 5.11. The molecular formula is C20H30FN3O2. The zero-order chi connectivity index (χ0) is 19.3. The van der Waals surface area contributed by atoms with E-state index in [-0.39, 0.29) is 35.8 Å². The number of hydrogen-bond donors (Lipinski definition) is 2. The van der Waals surface area contributed by atoms with Crippen molar-refractivity contribution in [3.05, 3.63) is 35.1 Å². The number of halogens is 1. The van der Waals surface area contributed by atoms with E-state index in [2.05, 4.69) is 10.6 Å². The van der Waals surface area contributed by atoms with Crippen molar-refractivity contribution in [2.75, 3.05) is 13.1 Å². The zero-order valence-corrected chi connectivity index (χ0v) is 16.1. The molecule has 3 amide bonds. The molecule has 1 aliphatic rings. The third kappa shape index (κ3) is 4.74. The summed E-state index contributed by atoms with van der Waals surface area (Å²) in [6, 6.07) is 4.78. The van der Waals surface area contributed by atoms with Gasteiger partial charge in [-0.05, 0) is 57.2 Å². The largest absolute Gasteiger partial charge is 0.353 e. The highest BCUT2D eigenvalue weighted by Crippen LogP contribution is 2.34. The number of hydrogen-bond acceptors (Lipinski definition) is 2. The fourth-order valence-corrected chi connectivity index (χ4v) is 3.35.